The fraction of sp³-hybridized carbons (Fsp3) is 0.333. The van der Waals surface area contributed by atoms with Crippen molar-refractivity contribution in [2.75, 3.05) is 11.1 Å². The van der Waals surface area contributed by atoms with Gasteiger partial charge in [0, 0.05) is 12.2 Å². The molecule has 0 saturated carbocycles. The molecule has 2 aromatic carbocycles. The fourth-order valence-corrected chi connectivity index (χ4v) is 4.47. The molecule has 1 atom stereocenters. The summed E-state index contributed by atoms with van der Waals surface area (Å²) in [5, 5.41) is 15.4. The van der Waals surface area contributed by atoms with Crippen LogP contribution in [0.25, 0.3) is 0 Å². The normalized spacial score (nSPS) is 11.9. The minimum atomic E-state index is -0.387. The molecule has 0 fully saturated rings. The maximum Gasteiger partial charge on any atom is 0.253 e. The molecule has 0 radical (unpaired) electrons. The van der Waals surface area contributed by atoms with Gasteiger partial charge in [-0.1, -0.05) is 67.5 Å². The lowest BCUT2D eigenvalue weighted by Crippen LogP contribution is -2.29. The van der Waals surface area contributed by atoms with Crippen LogP contribution in [0.2, 0.25) is 5.02 Å². The Morgan fingerprint density at radius 1 is 1.06 bits per heavy atom. The van der Waals surface area contributed by atoms with Crippen molar-refractivity contribution in [3.63, 3.8) is 0 Å². The summed E-state index contributed by atoms with van der Waals surface area (Å²) in [6.07, 6.45) is 0. The summed E-state index contributed by atoms with van der Waals surface area (Å²) in [5.74, 6) is 0.732. The van der Waals surface area contributed by atoms with Crippen LogP contribution >= 0.6 is 23.4 Å². The number of nitrogens with one attached hydrogen (secondary N) is 2. The molecule has 7 nitrogen and oxygen atoms in total. The highest BCUT2D eigenvalue weighted by atomic mass is 35.5. The van der Waals surface area contributed by atoms with Crippen LogP contribution in [0.4, 0.5) is 5.69 Å². The summed E-state index contributed by atoms with van der Waals surface area (Å²) in [5.41, 5.74) is 2.33. The zero-order chi connectivity index (χ0) is 24.0. The van der Waals surface area contributed by atoms with Crippen molar-refractivity contribution < 1.29 is 9.59 Å². The SMILES string of the molecule is CCn1c(SCC(=O)Nc2ccccc2C(C)C)nnc1[C@H](C)NC(=O)c1ccccc1Cl. The molecule has 0 aliphatic rings. The molecule has 0 bridgehead atoms. The number of carbonyl (C=O) groups is 2. The number of halogens is 1. The van der Waals surface area contributed by atoms with Crippen molar-refractivity contribution in [2.24, 2.45) is 0 Å². The van der Waals surface area contributed by atoms with Gasteiger partial charge in [-0.15, -0.1) is 10.2 Å². The Hall–Kier alpha value is -2.84. The van der Waals surface area contributed by atoms with E-state index in [2.05, 4.69) is 34.7 Å². The highest BCUT2D eigenvalue weighted by molar-refractivity contribution is 7.99. The molecular weight excluding hydrogens is 458 g/mol. The smallest absolute Gasteiger partial charge is 0.253 e. The standard InChI is InChI=1S/C24H28ClN5O2S/c1-5-30-22(16(4)26-23(32)18-11-6-8-12-19(18)25)28-29-24(30)33-14-21(31)27-20-13-9-7-10-17(20)15(2)3/h6-13,15-16H,5,14H2,1-4H3,(H,26,32)(H,27,31)/t16-/m0/s1. The zero-order valence-electron chi connectivity index (χ0n) is 19.1. The molecule has 0 spiro atoms. The lowest BCUT2D eigenvalue weighted by Gasteiger charge is -2.16. The first-order valence-electron chi connectivity index (χ1n) is 10.8. The van der Waals surface area contributed by atoms with Crippen LogP contribution in [0.15, 0.2) is 53.7 Å². The van der Waals surface area contributed by atoms with Crippen LogP contribution in [0.1, 0.15) is 61.4 Å². The Morgan fingerprint density at radius 2 is 1.76 bits per heavy atom. The Bertz CT molecular complexity index is 1130. The van der Waals surface area contributed by atoms with Gasteiger partial charge in [0.1, 0.15) is 0 Å². The highest BCUT2D eigenvalue weighted by Crippen LogP contribution is 2.25. The number of thioether (sulfide) groups is 1. The van der Waals surface area contributed by atoms with Gasteiger partial charge >= 0.3 is 0 Å². The minimum absolute atomic E-state index is 0.111. The Morgan fingerprint density at radius 3 is 2.45 bits per heavy atom. The number of hydrogen-bond acceptors (Lipinski definition) is 5. The molecule has 0 saturated heterocycles. The number of para-hydroxylation sites is 1. The van der Waals surface area contributed by atoms with Crippen molar-refractivity contribution in [1.29, 1.82) is 0 Å². The van der Waals surface area contributed by atoms with Gasteiger partial charge in [0.25, 0.3) is 5.91 Å². The molecule has 9 heteroatoms. The van der Waals surface area contributed by atoms with E-state index in [0.29, 0.717) is 34.0 Å². The maximum absolute atomic E-state index is 12.6. The summed E-state index contributed by atoms with van der Waals surface area (Å²) < 4.78 is 1.90. The summed E-state index contributed by atoms with van der Waals surface area (Å²) in [6.45, 7) is 8.61. The van der Waals surface area contributed by atoms with E-state index in [-0.39, 0.29) is 23.6 Å². The Kier molecular flexibility index (Phi) is 8.52. The predicted molar refractivity (Wildman–Crippen MR) is 133 cm³/mol. The molecule has 2 N–H and O–H groups in total. The topological polar surface area (TPSA) is 88.9 Å². The van der Waals surface area contributed by atoms with Crippen molar-refractivity contribution in [2.45, 2.75) is 51.4 Å². The average molecular weight is 486 g/mol. The van der Waals surface area contributed by atoms with Gasteiger partial charge in [-0.2, -0.15) is 0 Å². The maximum atomic E-state index is 12.6. The lowest BCUT2D eigenvalue weighted by atomic mass is 10.0. The quantitative estimate of drug-likeness (QED) is 0.401. The van der Waals surface area contributed by atoms with Crippen LogP contribution in [0, 0.1) is 0 Å². The predicted octanol–water partition coefficient (Wildman–Crippen LogP) is 5.30. The number of amides is 2. The van der Waals surface area contributed by atoms with Crippen molar-refractivity contribution in [3.05, 3.63) is 70.5 Å². The number of anilines is 1. The van der Waals surface area contributed by atoms with Crippen LogP contribution in [0.5, 0.6) is 0 Å². The molecular formula is C24H28ClN5O2S. The first-order chi connectivity index (χ1) is 15.8. The number of benzene rings is 2. The first kappa shape index (κ1) is 24.8. The number of hydrogen-bond donors (Lipinski definition) is 2. The van der Waals surface area contributed by atoms with Crippen LogP contribution in [-0.2, 0) is 11.3 Å². The van der Waals surface area contributed by atoms with Gasteiger partial charge in [0.05, 0.1) is 22.4 Å². The fourth-order valence-electron chi connectivity index (χ4n) is 3.44. The van der Waals surface area contributed by atoms with E-state index < -0.39 is 0 Å². The molecule has 3 aromatic rings. The number of aromatic nitrogens is 3. The second kappa shape index (κ2) is 11.3. The largest absolute Gasteiger partial charge is 0.342 e. The molecule has 2 amide bonds. The Balaban J connectivity index is 1.65. The Labute approximate surface area is 203 Å². The third-order valence-corrected chi connectivity index (χ3v) is 6.40. The molecule has 1 aromatic heterocycles. The molecule has 0 aliphatic heterocycles. The first-order valence-corrected chi connectivity index (χ1v) is 12.2. The lowest BCUT2D eigenvalue weighted by molar-refractivity contribution is -0.113. The molecule has 1 heterocycles. The van der Waals surface area contributed by atoms with Gasteiger partial charge in [0.15, 0.2) is 11.0 Å². The van der Waals surface area contributed by atoms with Crippen LogP contribution in [-0.4, -0.2) is 32.3 Å². The highest BCUT2D eigenvalue weighted by Gasteiger charge is 2.21. The summed E-state index contributed by atoms with van der Waals surface area (Å²) in [7, 11) is 0. The monoisotopic (exact) mass is 485 g/mol. The number of nitrogens with zero attached hydrogens (tertiary/aromatic N) is 3. The van der Waals surface area contributed by atoms with E-state index in [1.54, 1.807) is 24.3 Å². The van der Waals surface area contributed by atoms with Gasteiger partial charge in [-0.25, -0.2) is 0 Å². The minimum Gasteiger partial charge on any atom is -0.342 e. The van der Waals surface area contributed by atoms with Crippen molar-refractivity contribution in [3.8, 4) is 0 Å². The summed E-state index contributed by atoms with van der Waals surface area (Å²) >= 11 is 7.44. The number of carbonyl (C=O) groups excluding carboxylic acids is 2. The van der Waals surface area contributed by atoms with Crippen LogP contribution in [0.3, 0.4) is 0 Å². The van der Waals surface area contributed by atoms with Crippen molar-refractivity contribution >= 4 is 40.9 Å². The number of rotatable bonds is 9. The van der Waals surface area contributed by atoms with E-state index >= 15 is 0 Å². The summed E-state index contributed by atoms with van der Waals surface area (Å²) in [4.78, 5) is 25.2. The van der Waals surface area contributed by atoms with E-state index in [0.717, 1.165) is 11.3 Å². The summed E-state index contributed by atoms with van der Waals surface area (Å²) in [6, 6.07) is 14.3. The molecule has 174 valence electrons. The molecule has 0 unspecified atom stereocenters. The van der Waals surface area contributed by atoms with E-state index in [1.165, 1.54) is 11.8 Å². The molecule has 3 rings (SSSR count). The third-order valence-electron chi connectivity index (χ3n) is 5.10. The van der Waals surface area contributed by atoms with E-state index in [4.69, 9.17) is 11.6 Å². The molecule has 0 aliphatic carbocycles. The zero-order valence-corrected chi connectivity index (χ0v) is 20.7. The van der Waals surface area contributed by atoms with Gasteiger partial charge in [-0.3, -0.25) is 9.59 Å². The van der Waals surface area contributed by atoms with Gasteiger partial charge in [0.2, 0.25) is 5.91 Å². The molecule has 33 heavy (non-hydrogen) atoms. The van der Waals surface area contributed by atoms with Gasteiger partial charge in [-0.05, 0) is 43.5 Å². The second-order valence-electron chi connectivity index (χ2n) is 7.84. The van der Waals surface area contributed by atoms with Crippen molar-refractivity contribution in [1.82, 2.24) is 20.1 Å². The van der Waals surface area contributed by atoms with E-state index in [9.17, 15) is 9.59 Å². The third kappa shape index (κ3) is 6.15. The average Bonchev–Trinajstić information content (AvgIpc) is 3.21. The second-order valence-corrected chi connectivity index (χ2v) is 9.19. The van der Waals surface area contributed by atoms with Gasteiger partial charge < -0.3 is 15.2 Å². The van der Waals surface area contributed by atoms with Crippen LogP contribution < -0.4 is 10.6 Å². The van der Waals surface area contributed by atoms with E-state index in [1.807, 2.05) is 42.7 Å².